The van der Waals surface area contributed by atoms with Crippen molar-refractivity contribution in [1.82, 2.24) is 9.88 Å². The molecule has 1 amide bonds. The van der Waals surface area contributed by atoms with E-state index in [1.54, 1.807) is 24.4 Å². The van der Waals surface area contributed by atoms with Crippen LogP contribution in [0.2, 0.25) is 0 Å². The zero-order valence-corrected chi connectivity index (χ0v) is 9.62. The Bertz CT molecular complexity index is 606. The third-order valence-electron chi connectivity index (χ3n) is 3.26. The Kier molecular flexibility index (Phi) is 2.36. The molecule has 1 saturated heterocycles. The number of nitrogens with zero attached hydrogens (tertiary/aromatic N) is 1. The average molecular weight is 250 g/mol. The van der Waals surface area contributed by atoms with Crippen LogP contribution in [0.4, 0.5) is 8.78 Å². The molecule has 5 heteroatoms. The third-order valence-corrected chi connectivity index (χ3v) is 3.26. The summed E-state index contributed by atoms with van der Waals surface area (Å²) in [6.07, 6.45) is 1.54. The minimum atomic E-state index is -2.74. The number of H-pyrrole nitrogens is 1. The van der Waals surface area contributed by atoms with Crippen molar-refractivity contribution < 1.29 is 13.6 Å². The highest BCUT2D eigenvalue weighted by atomic mass is 19.3. The maximum Gasteiger partial charge on any atom is 0.267 e. The number of aromatic nitrogens is 1. The molecule has 1 aliphatic heterocycles. The van der Waals surface area contributed by atoms with Gasteiger partial charge >= 0.3 is 0 Å². The Labute approximate surface area is 102 Å². The van der Waals surface area contributed by atoms with E-state index in [-0.39, 0.29) is 18.9 Å². The Morgan fingerprint density at radius 1 is 1.33 bits per heavy atom. The van der Waals surface area contributed by atoms with Crippen molar-refractivity contribution in [2.24, 2.45) is 0 Å². The summed E-state index contributed by atoms with van der Waals surface area (Å²) in [6, 6.07) is 7.03. The molecule has 0 radical (unpaired) electrons. The molecule has 18 heavy (non-hydrogen) atoms. The van der Waals surface area contributed by atoms with Gasteiger partial charge in [-0.2, -0.15) is 0 Å². The normalized spacial score (nSPS) is 18.4. The number of hydrogen-bond acceptors (Lipinski definition) is 1. The van der Waals surface area contributed by atoms with Crippen LogP contribution < -0.4 is 0 Å². The first-order valence-corrected chi connectivity index (χ1v) is 5.79. The summed E-state index contributed by atoms with van der Waals surface area (Å²) >= 11 is 0. The highest BCUT2D eigenvalue weighted by Crippen LogP contribution is 2.28. The average Bonchev–Trinajstić information content (AvgIpc) is 2.93. The van der Waals surface area contributed by atoms with E-state index in [9.17, 15) is 13.6 Å². The van der Waals surface area contributed by atoms with E-state index in [1.165, 1.54) is 4.90 Å². The van der Waals surface area contributed by atoms with Crippen molar-refractivity contribution >= 4 is 16.8 Å². The van der Waals surface area contributed by atoms with Gasteiger partial charge < -0.3 is 9.88 Å². The molecule has 1 N–H and O–H groups in total. The number of aromatic amines is 1. The lowest BCUT2D eigenvalue weighted by atomic mass is 10.1. The van der Waals surface area contributed by atoms with Crippen LogP contribution in [0.5, 0.6) is 0 Å². The molecule has 0 unspecified atom stereocenters. The molecule has 1 aromatic heterocycles. The maximum absolute atomic E-state index is 13.1. The lowest BCUT2D eigenvalue weighted by Crippen LogP contribution is -2.31. The SMILES string of the molecule is O=C(c1ccc2[nH]ccc2c1)N1CCC(F)(F)C1. The number of likely N-dealkylation sites (tertiary alicyclic amines) is 1. The molecule has 0 bridgehead atoms. The standard InChI is InChI=1S/C13H12F2N2O/c14-13(15)4-6-17(8-13)12(18)10-1-2-11-9(7-10)3-5-16-11/h1-3,5,7,16H,4,6,8H2. The van der Waals surface area contributed by atoms with Gasteiger partial charge in [-0.15, -0.1) is 0 Å². The van der Waals surface area contributed by atoms with E-state index in [0.717, 1.165) is 10.9 Å². The van der Waals surface area contributed by atoms with Crippen LogP contribution in [0.15, 0.2) is 30.5 Å². The van der Waals surface area contributed by atoms with Gasteiger partial charge in [-0.3, -0.25) is 4.79 Å². The predicted octanol–water partition coefficient (Wildman–Crippen LogP) is 2.65. The highest BCUT2D eigenvalue weighted by Gasteiger charge is 2.40. The number of amides is 1. The van der Waals surface area contributed by atoms with Crippen LogP contribution in [0.25, 0.3) is 10.9 Å². The Balaban J connectivity index is 1.88. The fourth-order valence-electron chi connectivity index (χ4n) is 2.28. The summed E-state index contributed by atoms with van der Waals surface area (Å²) in [5.74, 6) is -3.07. The number of benzene rings is 1. The van der Waals surface area contributed by atoms with Crippen molar-refractivity contribution in [2.75, 3.05) is 13.1 Å². The van der Waals surface area contributed by atoms with Crippen LogP contribution in [0, 0.1) is 0 Å². The smallest absolute Gasteiger partial charge is 0.267 e. The first-order valence-electron chi connectivity index (χ1n) is 5.79. The molecule has 0 spiro atoms. The van der Waals surface area contributed by atoms with E-state index in [4.69, 9.17) is 0 Å². The molecule has 1 aromatic carbocycles. The molecule has 1 aliphatic rings. The predicted molar refractivity (Wildman–Crippen MR) is 63.8 cm³/mol. The molecular formula is C13H12F2N2O. The van der Waals surface area contributed by atoms with Gasteiger partial charge in [-0.05, 0) is 24.3 Å². The summed E-state index contributed by atoms with van der Waals surface area (Å²) in [5, 5.41) is 0.909. The van der Waals surface area contributed by atoms with E-state index in [1.807, 2.05) is 6.07 Å². The second-order valence-corrected chi connectivity index (χ2v) is 4.61. The monoisotopic (exact) mass is 250 g/mol. The minimum absolute atomic E-state index is 0.122. The van der Waals surface area contributed by atoms with E-state index in [0.29, 0.717) is 5.56 Å². The number of nitrogens with one attached hydrogen (secondary N) is 1. The Morgan fingerprint density at radius 3 is 2.89 bits per heavy atom. The number of rotatable bonds is 1. The number of halogens is 2. The van der Waals surface area contributed by atoms with Gasteiger partial charge in [0.25, 0.3) is 11.8 Å². The third kappa shape index (κ3) is 1.85. The van der Waals surface area contributed by atoms with Gasteiger partial charge in [-0.25, -0.2) is 8.78 Å². The van der Waals surface area contributed by atoms with Crippen molar-refractivity contribution in [3.8, 4) is 0 Å². The molecule has 1 fully saturated rings. The van der Waals surface area contributed by atoms with Gasteiger partial charge in [0, 0.05) is 35.6 Å². The minimum Gasteiger partial charge on any atom is -0.361 e. The van der Waals surface area contributed by atoms with Crippen molar-refractivity contribution in [2.45, 2.75) is 12.3 Å². The van der Waals surface area contributed by atoms with E-state index in [2.05, 4.69) is 4.98 Å². The number of carbonyl (C=O) groups excluding carboxylic acids is 1. The fourth-order valence-corrected chi connectivity index (χ4v) is 2.28. The van der Waals surface area contributed by atoms with Crippen molar-refractivity contribution in [3.63, 3.8) is 0 Å². The zero-order chi connectivity index (χ0) is 12.8. The van der Waals surface area contributed by atoms with Crippen LogP contribution in [-0.2, 0) is 0 Å². The fraction of sp³-hybridized carbons (Fsp3) is 0.308. The second kappa shape index (κ2) is 3.80. The lowest BCUT2D eigenvalue weighted by Gasteiger charge is -2.16. The number of carbonyl (C=O) groups is 1. The number of fused-ring (bicyclic) bond motifs is 1. The summed E-state index contributed by atoms with van der Waals surface area (Å²) < 4.78 is 26.2. The van der Waals surface area contributed by atoms with Crippen LogP contribution in [0.3, 0.4) is 0 Å². The zero-order valence-electron chi connectivity index (χ0n) is 9.62. The molecule has 0 atom stereocenters. The summed E-state index contributed by atoms with van der Waals surface area (Å²) in [5.41, 5.74) is 1.39. The number of alkyl halides is 2. The summed E-state index contributed by atoms with van der Waals surface area (Å²) in [4.78, 5) is 16.3. The molecule has 94 valence electrons. The van der Waals surface area contributed by atoms with Crippen LogP contribution in [-0.4, -0.2) is 34.8 Å². The topological polar surface area (TPSA) is 36.1 Å². The van der Waals surface area contributed by atoms with Gasteiger partial charge in [0.2, 0.25) is 0 Å². The van der Waals surface area contributed by atoms with Gasteiger partial charge in [0.15, 0.2) is 0 Å². The molecular weight excluding hydrogens is 238 g/mol. The van der Waals surface area contributed by atoms with Crippen LogP contribution in [0.1, 0.15) is 16.8 Å². The van der Waals surface area contributed by atoms with E-state index < -0.39 is 12.5 Å². The lowest BCUT2D eigenvalue weighted by molar-refractivity contribution is 0.0120. The van der Waals surface area contributed by atoms with Crippen LogP contribution >= 0.6 is 0 Å². The maximum atomic E-state index is 13.1. The largest absolute Gasteiger partial charge is 0.361 e. The molecule has 0 aliphatic carbocycles. The van der Waals surface area contributed by atoms with Gasteiger partial charge in [-0.1, -0.05) is 0 Å². The number of hydrogen-bond donors (Lipinski definition) is 1. The molecule has 3 rings (SSSR count). The quantitative estimate of drug-likeness (QED) is 0.829. The van der Waals surface area contributed by atoms with E-state index >= 15 is 0 Å². The van der Waals surface area contributed by atoms with Gasteiger partial charge in [0.05, 0.1) is 6.54 Å². The molecule has 2 aromatic rings. The van der Waals surface area contributed by atoms with Gasteiger partial charge in [0.1, 0.15) is 0 Å². The summed E-state index contributed by atoms with van der Waals surface area (Å²) in [7, 11) is 0. The molecule has 2 heterocycles. The van der Waals surface area contributed by atoms with Crippen molar-refractivity contribution in [1.29, 1.82) is 0 Å². The van der Waals surface area contributed by atoms with Crippen molar-refractivity contribution in [3.05, 3.63) is 36.0 Å². The highest BCUT2D eigenvalue weighted by molar-refractivity contribution is 5.98. The first kappa shape index (κ1) is 11.2. The second-order valence-electron chi connectivity index (χ2n) is 4.61. The molecule has 3 nitrogen and oxygen atoms in total. The first-order chi connectivity index (χ1) is 8.55. The molecule has 0 saturated carbocycles. The Morgan fingerprint density at radius 2 is 2.17 bits per heavy atom. The Hall–Kier alpha value is -1.91. The summed E-state index contributed by atoms with van der Waals surface area (Å²) in [6.45, 7) is -0.353.